The van der Waals surface area contributed by atoms with Crippen molar-refractivity contribution in [3.8, 4) is 0 Å². The highest BCUT2D eigenvalue weighted by Crippen LogP contribution is 2.40. The van der Waals surface area contributed by atoms with Gasteiger partial charge in [0.25, 0.3) is 11.8 Å². The molecular formula is C25H19F2NO2S. The average Bonchev–Trinajstić information content (AvgIpc) is 2.99. The summed E-state index contributed by atoms with van der Waals surface area (Å²) in [6.45, 7) is 3.88. The summed E-state index contributed by atoms with van der Waals surface area (Å²) in [4.78, 5) is 27.7. The van der Waals surface area contributed by atoms with Crippen LogP contribution in [-0.4, -0.2) is 11.8 Å². The van der Waals surface area contributed by atoms with E-state index in [0.29, 0.717) is 17.4 Å². The third kappa shape index (κ3) is 4.03. The SMILES string of the molecule is Cc1ccc(C2=C(SCc3ccccc3)C(=O)N(c3ccc(F)cc3F)C2=O)cc1C. The van der Waals surface area contributed by atoms with Crippen molar-refractivity contribution in [3.05, 3.63) is 106 Å². The highest BCUT2D eigenvalue weighted by Gasteiger charge is 2.41. The van der Waals surface area contributed by atoms with Crippen molar-refractivity contribution < 1.29 is 18.4 Å². The second-order valence-corrected chi connectivity index (χ2v) is 8.30. The predicted octanol–water partition coefficient (Wildman–Crippen LogP) is 5.80. The summed E-state index contributed by atoms with van der Waals surface area (Å²) < 4.78 is 27.9. The third-order valence-corrected chi connectivity index (χ3v) is 6.36. The molecule has 4 rings (SSSR count). The number of hydrogen-bond acceptors (Lipinski definition) is 3. The first-order valence-electron chi connectivity index (χ1n) is 9.69. The normalized spacial score (nSPS) is 14.0. The number of benzene rings is 3. The van der Waals surface area contributed by atoms with Gasteiger partial charge in [-0.15, -0.1) is 11.8 Å². The minimum absolute atomic E-state index is 0.234. The fraction of sp³-hybridized carbons (Fsp3) is 0.120. The molecule has 0 spiro atoms. The molecule has 0 saturated heterocycles. The van der Waals surface area contributed by atoms with Crippen LogP contribution in [0.1, 0.15) is 22.3 Å². The standard InChI is InChI=1S/C25H19F2NO2S/c1-15-8-9-18(12-16(15)2)22-23(31-14-17-6-4-3-5-7-17)25(30)28(24(22)29)21-11-10-19(26)13-20(21)27/h3-13H,14H2,1-2H3. The summed E-state index contributed by atoms with van der Waals surface area (Å²) in [5.74, 6) is -2.49. The molecule has 0 unspecified atom stereocenters. The number of nitrogens with zero attached hydrogens (tertiary/aromatic N) is 1. The second kappa shape index (κ2) is 8.47. The average molecular weight is 435 g/mol. The third-order valence-electron chi connectivity index (χ3n) is 5.21. The molecule has 0 bridgehead atoms. The number of amides is 2. The van der Waals surface area contributed by atoms with Crippen molar-refractivity contribution in [1.29, 1.82) is 0 Å². The van der Waals surface area contributed by atoms with Crippen molar-refractivity contribution in [2.24, 2.45) is 0 Å². The number of carbonyl (C=O) groups excluding carboxylic acids is 2. The van der Waals surface area contributed by atoms with Crippen LogP contribution in [0, 0.1) is 25.5 Å². The Morgan fingerprint density at radius 1 is 0.839 bits per heavy atom. The van der Waals surface area contributed by atoms with Crippen LogP contribution in [0.3, 0.4) is 0 Å². The van der Waals surface area contributed by atoms with Gasteiger partial charge in [-0.3, -0.25) is 9.59 Å². The predicted molar refractivity (Wildman–Crippen MR) is 119 cm³/mol. The summed E-state index contributed by atoms with van der Waals surface area (Å²) >= 11 is 1.24. The monoisotopic (exact) mass is 435 g/mol. The number of carbonyl (C=O) groups is 2. The van der Waals surface area contributed by atoms with E-state index in [2.05, 4.69) is 0 Å². The van der Waals surface area contributed by atoms with Gasteiger partial charge in [-0.25, -0.2) is 13.7 Å². The highest BCUT2D eigenvalue weighted by atomic mass is 32.2. The Hall–Kier alpha value is -3.25. The molecule has 3 aromatic carbocycles. The zero-order valence-corrected chi connectivity index (χ0v) is 17.8. The van der Waals surface area contributed by atoms with E-state index < -0.39 is 23.4 Å². The summed E-state index contributed by atoms with van der Waals surface area (Å²) in [6.07, 6.45) is 0. The fourth-order valence-electron chi connectivity index (χ4n) is 3.41. The maximum absolute atomic E-state index is 14.5. The Labute approximate surface area is 183 Å². The number of thioether (sulfide) groups is 1. The molecule has 3 aromatic rings. The Kier molecular flexibility index (Phi) is 5.74. The Bertz CT molecular complexity index is 1220. The number of anilines is 1. The van der Waals surface area contributed by atoms with Gasteiger partial charge in [0, 0.05) is 11.8 Å². The van der Waals surface area contributed by atoms with Crippen molar-refractivity contribution in [3.63, 3.8) is 0 Å². The molecule has 0 saturated carbocycles. The van der Waals surface area contributed by atoms with Crippen LogP contribution in [0.2, 0.25) is 0 Å². The number of hydrogen-bond donors (Lipinski definition) is 0. The largest absolute Gasteiger partial charge is 0.272 e. The van der Waals surface area contributed by atoms with Gasteiger partial charge in [0.2, 0.25) is 0 Å². The van der Waals surface area contributed by atoms with Crippen LogP contribution in [0.5, 0.6) is 0 Å². The molecule has 3 nitrogen and oxygen atoms in total. The van der Waals surface area contributed by atoms with E-state index in [1.807, 2.05) is 56.3 Å². The molecule has 2 amide bonds. The van der Waals surface area contributed by atoms with Gasteiger partial charge < -0.3 is 0 Å². The lowest BCUT2D eigenvalue weighted by Gasteiger charge is -2.16. The van der Waals surface area contributed by atoms with Crippen LogP contribution in [0.15, 0.2) is 71.6 Å². The Balaban J connectivity index is 1.79. The van der Waals surface area contributed by atoms with Gasteiger partial charge >= 0.3 is 0 Å². The van der Waals surface area contributed by atoms with Crippen LogP contribution in [0.25, 0.3) is 5.57 Å². The van der Waals surface area contributed by atoms with Gasteiger partial charge in [0.05, 0.1) is 16.2 Å². The van der Waals surface area contributed by atoms with Gasteiger partial charge in [-0.2, -0.15) is 0 Å². The fourth-order valence-corrected chi connectivity index (χ4v) is 4.47. The lowest BCUT2D eigenvalue weighted by Crippen LogP contribution is -2.32. The summed E-state index contributed by atoms with van der Waals surface area (Å²) in [6, 6.07) is 17.9. The lowest BCUT2D eigenvalue weighted by atomic mass is 10.0. The van der Waals surface area contributed by atoms with Crippen molar-refractivity contribution in [1.82, 2.24) is 0 Å². The smallest absolute Gasteiger partial charge is 0.268 e. The van der Waals surface area contributed by atoms with Crippen LogP contribution < -0.4 is 4.90 Å². The lowest BCUT2D eigenvalue weighted by molar-refractivity contribution is -0.119. The minimum atomic E-state index is -0.963. The van der Waals surface area contributed by atoms with E-state index in [-0.39, 0.29) is 16.2 Å². The second-order valence-electron chi connectivity index (χ2n) is 7.32. The summed E-state index contributed by atoms with van der Waals surface area (Å²) in [5.41, 5.74) is 3.60. The van der Waals surface area contributed by atoms with Crippen molar-refractivity contribution in [2.75, 3.05) is 4.90 Å². The zero-order chi connectivity index (χ0) is 22.1. The molecule has 0 fully saturated rings. The first-order chi connectivity index (χ1) is 14.9. The molecule has 0 N–H and O–H groups in total. The Morgan fingerprint density at radius 2 is 1.58 bits per heavy atom. The molecule has 156 valence electrons. The molecular weight excluding hydrogens is 416 g/mol. The van der Waals surface area contributed by atoms with Crippen molar-refractivity contribution in [2.45, 2.75) is 19.6 Å². The molecule has 0 aromatic heterocycles. The molecule has 1 heterocycles. The van der Waals surface area contributed by atoms with E-state index in [9.17, 15) is 18.4 Å². The highest BCUT2D eigenvalue weighted by molar-refractivity contribution is 8.03. The molecule has 31 heavy (non-hydrogen) atoms. The van der Waals surface area contributed by atoms with E-state index in [4.69, 9.17) is 0 Å². The van der Waals surface area contributed by atoms with E-state index in [1.54, 1.807) is 6.07 Å². The summed E-state index contributed by atoms with van der Waals surface area (Å²) in [5, 5.41) is 0. The van der Waals surface area contributed by atoms with Crippen molar-refractivity contribution >= 4 is 34.8 Å². The first kappa shape index (κ1) is 21.0. The van der Waals surface area contributed by atoms with Crippen LogP contribution in [0.4, 0.5) is 14.5 Å². The molecule has 0 aliphatic carbocycles. The van der Waals surface area contributed by atoms with E-state index >= 15 is 0 Å². The van der Waals surface area contributed by atoms with E-state index in [1.165, 1.54) is 11.8 Å². The quantitative estimate of drug-likeness (QED) is 0.476. The number of aryl methyl sites for hydroxylation is 2. The van der Waals surface area contributed by atoms with Crippen LogP contribution >= 0.6 is 11.8 Å². The van der Waals surface area contributed by atoms with Gasteiger partial charge in [-0.05, 0) is 48.2 Å². The molecule has 0 atom stereocenters. The topological polar surface area (TPSA) is 37.4 Å². The number of imide groups is 1. The summed E-state index contributed by atoms with van der Waals surface area (Å²) in [7, 11) is 0. The van der Waals surface area contributed by atoms with Gasteiger partial charge in [0.1, 0.15) is 11.6 Å². The maximum atomic E-state index is 14.5. The zero-order valence-electron chi connectivity index (χ0n) is 17.0. The first-order valence-corrected chi connectivity index (χ1v) is 10.7. The molecule has 0 radical (unpaired) electrons. The molecule has 6 heteroatoms. The number of rotatable bonds is 5. The van der Waals surface area contributed by atoms with Crippen LogP contribution in [-0.2, 0) is 15.3 Å². The number of halogens is 2. The maximum Gasteiger partial charge on any atom is 0.272 e. The van der Waals surface area contributed by atoms with Gasteiger partial charge in [0.15, 0.2) is 0 Å². The minimum Gasteiger partial charge on any atom is -0.268 e. The van der Waals surface area contributed by atoms with Gasteiger partial charge in [-0.1, -0.05) is 48.5 Å². The Morgan fingerprint density at radius 3 is 2.26 bits per heavy atom. The van der Waals surface area contributed by atoms with E-state index in [0.717, 1.165) is 33.7 Å². The molecule has 1 aliphatic heterocycles. The molecule has 1 aliphatic rings.